The fourth-order valence-electron chi connectivity index (χ4n) is 9.49. The molecule has 0 aromatic carbocycles. The lowest BCUT2D eigenvalue weighted by molar-refractivity contribution is -0.870. The molecule has 3 atom stereocenters. The number of carbonyl (C=O) groups is 2. The van der Waals surface area contributed by atoms with Crippen LogP contribution in [0.2, 0.25) is 0 Å². The van der Waals surface area contributed by atoms with Gasteiger partial charge in [-0.1, -0.05) is 298 Å². The number of quaternary nitrogens is 1. The van der Waals surface area contributed by atoms with E-state index in [0.717, 1.165) is 64.2 Å². The van der Waals surface area contributed by atoms with Crippen LogP contribution in [0, 0.1) is 0 Å². The number of hydrogen-bond donors (Lipinski definition) is 1. The van der Waals surface area contributed by atoms with Crippen molar-refractivity contribution in [2.24, 2.45) is 0 Å². The number of hydrogen-bond acceptors (Lipinski definition) is 7. The summed E-state index contributed by atoms with van der Waals surface area (Å²) in [7, 11) is 1.15. The lowest BCUT2D eigenvalue weighted by Gasteiger charge is -2.30. The number of phosphoric acid groups is 1. The largest absolute Gasteiger partial charge is 0.756 e. The van der Waals surface area contributed by atoms with E-state index >= 15 is 0 Å². The number of allylic oxidation sites excluding steroid dienone is 15. The molecule has 0 rings (SSSR count). The monoisotopic (exact) mass is 1150 g/mol. The highest BCUT2D eigenvalue weighted by Gasteiger charge is 2.27. The summed E-state index contributed by atoms with van der Waals surface area (Å²) >= 11 is 0. The van der Waals surface area contributed by atoms with E-state index in [4.69, 9.17) is 13.8 Å². The summed E-state index contributed by atoms with van der Waals surface area (Å²) in [6.07, 6.45) is 81.2. The molecule has 0 saturated heterocycles. The summed E-state index contributed by atoms with van der Waals surface area (Å²) in [5.74, 6) is -0.590. The van der Waals surface area contributed by atoms with Crippen LogP contribution in [-0.4, -0.2) is 69.4 Å². The highest BCUT2D eigenvalue weighted by molar-refractivity contribution is 7.45. The maximum Gasteiger partial charge on any atom is 0.306 e. The molecule has 0 aromatic rings. The highest BCUT2D eigenvalue weighted by Crippen LogP contribution is 2.38. The molecule has 10 heteroatoms. The van der Waals surface area contributed by atoms with Gasteiger partial charge in [-0.05, 0) is 76.7 Å². The number of phosphoric ester groups is 1. The fourth-order valence-corrected chi connectivity index (χ4v) is 10.2. The second-order valence-corrected chi connectivity index (χ2v) is 25.2. The van der Waals surface area contributed by atoms with Crippen molar-refractivity contribution in [3.63, 3.8) is 0 Å². The van der Waals surface area contributed by atoms with Crippen LogP contribution in [0.4, 0.5) is 0 Å². The maximum absolute atomic E-state index is 13.5. The van der Waals surface area contributed by atoms with E-state index in [-0.39, 0.29) is 31.3 Å². The molecule has 1 N–H and O–H groups in total. The summed E-state index contributed by atoms with van der Waals surface area (Å²) in [4.78, 5) is 40.0. The Bertz CT molecular complexity index is 1710. The quantitative estimate of drug-likeness (QED) is 0.0161. The molecule has 0 aliphatic heterocycles. The van der Waals surface area contributed by atoms with Crippen molar-refractivity contribution in [2.75, 3.05) is 40.9 Å². The van der Waals surface area contributed by atoms with Crippen molar-refractivity contribution in [3.8, 4) is 0 Å². The van der Waals surface area contributed by atoms with Crippen molar-refractivity contribution < 1.29 is 37.3 Å². The van der Waals surface area contributed by atoms with E-state index in [9.17, 15) is 19.0 Å². The van der Waals surface area contributed by atoms with Gasteiger partial charge in [0.15, 0.2) is 0 Å². The number of ether oxygens (including phenoxy) is 1. The van der Waals surface area contributed by atoms with Crippen LogP contribution in [0.1, 0.15) is 290 Å². The SMILES string of the molecule is CC\C=C/C=C/C=C/C=C\C=C\C=C\CCCCCC(=O)NC(COP(=O)([O-])OCC[N+](C)(C)C)C(/C=C\CCCCCCCCCCC)OC(=O)CCCCCCCCCCCCCCCCCCC/C=C/CCCCCCCC. The maximum atomic E-state index is 13.5. The lowest BCUT2D eigenvalue weighted by atomic mass is 10.0. The third-order valence-electron chi connectivity index (χ3n) is 14.7. The smallest absolute Gasteiger partial charge is 0.306 e. The van der Waals surface area contributed by atoms with Crippen LogP contribution < -0.4 is 10.2 Å². The molecule has 3 unspecified atom stereocenters. The molecule has 0 aromatic heterocycles. The predicted octanol–water partition coefficient (Wildman–Crippen LogP) is 20.5. The number of unbranched alkanes of at least 4 members (excludes halogenated alkanes) is 35. The van der Waals surface area contributed by atoms with E-state index in [0.29, 0.717) is 17.4 Å². The van der Waals surface area contributed by atoms with Crippen molar-refractivity contribution in [1.29, 1.82) is 0 Å². The second-order valence-electron chi connectivity index (χ2n) is 23.7. The Morgan fingerprint density at radius 1 is 0.444 bits per heavy atom. The Morgan fingerprint density at radius 3 is 1.23 bits per heavy atom. The van der Waals surface area contributed by atoms with Gasteiger partial charge >= 0.3 is 5.97 Å². The van der Waals surface area contributed by atoms with Crippen LogP contribution in [0.5, 0.6) is 0 Å². The van der Waals surface area contributed by atoms with Gasteiger partial charge in [-0.25, -0.2) is 0 Å². The van der Waals surface area contributed by atoms with Crippen molar-refractivity contribution in [2.45, 2.75) is 303 Å². The first kappa shape index (κ1) is 77.9. The summed E-state index contributed by atoms with van der Waals surface area (Å²) in [5.41, 5.74) is 0. The minimum atomic E-state index is -4.72. The number of rotatable bonds is 60. The van der Waals surface area contributed by atoms with Crippen molar-refractivity contribution in [1.82, 2.24) is 5.32 Å². The van der Waals surface area contributed by atoms with Gasteiger partial charge in [-0.15, -0.1) is 0 Å². The van der Waals surface area contributed by atoms with Gasteiger partial charge in [0.25, 0.3) is 7.82 Å². The Balaban J connectivity index is 5.06. The predicted molar refractivity (Wildman–Crippen MR) is 348 cm³/mol. The Morgan fingerprint density at radius 2 is 0.802 bits per heavy atom. The standard InChI is InChI=1S/C71H127N2O7P/c1-7-10-13-16-19-22-25-27-29-31-32-33-34-35-36-37-38-39-40-42-44-46-49-52-55-58-61-64-71(75)80-69(62-59-56-53-50-47-24-21-18-15-12-9-3)68(67-79-81(76,77)78-66-65-73(4,5)6)72-70(74)63-60-57-54-51-48-45-43-41-30-28-26-23-20-17-14-11-8-2/h11,14,17,20,23,26-30,41,43,45,48,59,62,68-69H,7-10,12-13,15-16,18-19,21-22,24-25,31-40,42,44,46-47,49-58,60-61,63-67H2,1-6H3,(H-,72,74,76,77)/b14-11-,20-17+,26-23+,29-27+,30-28-,43-41+,48-45+,62-59-. The molecule has 468 valence electrons. The average Bonchev–Trinajstić information content (AvgIpc) is 3.44. The van der Waals surface area contributed by atoms with Crippen molar-refractivity contribution >= 4 is 19.7 Å². The Hall–Kier alpha value is -3.07. The van der Waals surface area contributed by atoms with Gasteiger partial charge < -0.3 is 28.5 Å². The van der Waals surface area contributed by atoms with Crippen LogP contribution in [0.3, 0.4) is 0 Å². The zero-order valence-electron chi connectivity index (χ0n) is 53.5. The molecule has 0 aliphatic carbocycles. The highest BCUT2D eigenvalue weighted by atomic mass is 31.2. The molecule has 0 fully saturated rings. The van der Waals surface area contributed by atoms with Gasteiger partial charge in [-0.3, -0.25) is 14.2 Å². The molecular formula is C71H127N2O7P. The van der Waals surface area contributed by atoms with Crippen LogP contribution in [0.15, 0.2) is 97.2 Å². The van der Waals surface area contributed by atoms with Crippen molar-refractivity contribution in [3.05, 3.63) is 97.2 Å². The number of nitrogens with zero attached hydrogens (tertiary/aromatic N) is 1. The summed E-state index contributed by atoms with van der Waals surface area (Å²) in [6.45, 7) is 6.66. The Labute approximate surface area is 500 Å². The van der Waals surface area contributed by atoms with E-state index < -0.39 is 26.6 Å². The normalized spacial score (nSPS) is 14.2. The first-order chi connectivity index (χ1) is 39.4. The zero-order chi connectivity index (χ0) is 59.3. The first-order valence-electron chi connectivity index (χ1n) is 33.6. The third kappa shape index (κ3) is 61.3. The van der Waals surface area contributed by atoms with Gasteiger partial charge in [0.2, 0.25) is 5.91 Å². The van der Waals surface area contributed by atoms with E-state index in [1.54, 1.807) is 0 Å². The molecular weight excluding hydrogens is 1020 g/mol. The lowest BCUT2D eigenvalue weighted by Crippen LogP contribution is -2.47. The van der Waals surface area contributed by atoms with Gasteiger partial charge in [0.05, 0.1) is 33.8 Å². The Kier molecular flexibility index (Phi) is 57.8. The van der Waals surface area contributed by atoms with E-state index in [1.807, 2.05) is 94.1 Å². The molecule has 0 bridgehead atoms. The van der Waals surface area contributed by atoms with E-state index in [2.05, 4.69) is 50.4 Å². The molecule has 9 nitrogen and oxygen atoms in total. The minimum Gasteiger partial charge on any atom is -0.756 e. The molecule has 0 saturated carbocycles. The zero-order valence-corrected chi connectivity index (χ0v) is 54.4. The molecule has 0 aliphatic rings. The molecule has 1 amide bonds. The average molecular weight is 1150 g/mol. The molecule has 0 radical (unpaired) electrons. The number of nitrogens with one attached hydrogen (secondary N) is 1. The number of esters is 1. The summed E-state index contributed by atoms with van der Waals surface area (Å²) in [6, 6.07) is -0.916. The molecule has 0 heterocycles. The summed E-state index contributed by atoms with van der Waals surface area (Å²) < 4.78 is 30.3. The van der Waals surface area contributed by atoms with Crippen LogP contribution >= 0.6 is 7.82 Å². The van der Waals surface area contributed by atoms with Gasteiger partial charge in [-0.2, -0.15) is 0 Å². The fraction of sp³-hybridized carbons (Fsp3) is 0.746. The molecule has 81 heavy (non-hydrogen) atoms. The molecule has 0 spiro atoms. The number of likely N-dealkylation sites (N-methyl/N-ethyl adjacent to an activating group) is 1. The van der Waals surface area contributed by atoms with Gasteiger partial charge in [0, 0.05) is 12.8 Å². The van der Waals surface area contributed by atoms with Gasteiger partial charge in [0.1, 0.15) is 19.3 Å². The number of carbonyl (C=O) groups excluding carboxylic acids is 2. The van der Waals surface area contributed by atoms with E-state index in [1.165, 1.54) is 186 Å². The van der Waals surface area contributed by atoms with Crippen LogP contribution in [-0.2, 0) is 27.9 Å². The minimum absolute atomic E-state index is 0.0351. The number of amides is 1. The second kappa shape index (κ2) is 60.1. The van der Waals surface area contributed by atoms with Crippen LogP contribution in [0.25, 0.3) is 0 Å². The topological polar surface area (TPSA) is 114 Å². The first-order valence-corrected chi connectivity index (χ1v) is 35.1. The third-order valence-corrected chi connectivity index (χ3v) is 15.6. The summed E-state index contributed by atoms with van der Waals surface area (Å²) in [5, 5.41) is 3.00.